The van der Waals surface area contributed by atoms with Crippen LogP contribution in [0.2, 0.25) is 0 Å². The molecule has 4 rings (SSSR count). The van der Waals surface area contributed by atoms with Crippen LogP contribution in [0.5, 0.6) is 0 Å². The number of hydrogen-bond donors (Lipinski definition) is 0. The second-order valence-electron chi connectivity index (χ2n) is 6.35. The van der Waals surface area contributed by atoms with Crippen LogP contribution in [0.15, 0.2) is 60.9 Å². The fourth-order valence-corrected chi connectivity index (χ4v) is 3.48. The number of rotatable bonds is 4. The van der Waals surface area contributed by atoms with Gasteiger partial charge in [0.1, 0.15) is 18.0 Å². The number of nitrogens with zero attached hydrogens (tertiary/aromatic N) is 4. The van der Waals surface area contributed by atoms with E-state index in [0.717, 1.165) is 36.8 Å². The molecule has 1 aromatic heterocycles. The number of hydrogen-bond acceptors (Lipinski definition) is 4. The van der Waals surface area contributed by atoms with Crippen LogP contribution >= 0.6 is 0 Å². The molecule has 25 heavy (non-hydrogen) atoms. The van der Waals surface area contributed by atoms with E-state index in [1.807, 2.05) is 0 Å². The predicted octanol–water partition coefficient (Wildman–Crippen LogP) is 4.64. The van der Waals surface area contributed by atoms with Gasteiger partial charge >= 0.3 is 0 Å². The van der Waals surface area contributed by atoms with Crippen LogP contribution in [-0.4, -0.2) is 23.1 Å². The van der Waals surface area contributed by atoms with Gasteiger partial charge in [0.05, 0.1) is 0 Å². The van der Waals surface area contributed by atoms with Gasteiger partial charge in [-0.15, -0.1) is 0 Å². The minimum absolute atomic E-state index is 0.858. The zero-order valence-corrected chi connectivity index (χ0v) is 14.7. The third-order valence-corrected chi connectivity index (χ3v) is 4.71. The van der Waals surface area contributed by atoms with Crippen molar-refractivity contribution in [3.8, 4) is 0 Å². The normalized spacial score (nSPS) is 13.0. The molecule has 2 aromatic carbocycles. The smallest absolute Gasteiger partial charge is 0.138 e. The summed E-state index contributed by atoms with van der Waals surface area (Å²) in [6.07, 6.45) is 2.73. The van der Waals surface area contributed by atoms with Gasteiger partial charge in [0.2, 0.25) is 0 Å². The molecular formula is C21H22N4. The number of anilines is 4. The Kier molecular flexibility index (Phi) is 4.10. The Morgan fingerprint density at radius 3 is 2.76 bits per heavy atom. The standard InChI is InChI=1S/C21H22N4/c1-3-24(18-9-6-7-16(2)13-18)20-14-21(23-15-22-20)25-12-11-17-8-4-5-10-19(17)25/h4-10,13-15H,3,11-12H2,1-2H3. The summed E-state index contributed by atoms with van der Waals surface area (Å²) in [6.45, 7) is 6.09. The minimum Gasteiger partial charge on any atom is -0.326 e. The summed E-state index contributed by atoms with van der Waals surface area (Å²) < 4.78 is 0. The highest BCUT2D eigenvalue weighted by molar-refractivity contribution is 5.70. The molecule has 0 N–H and O–H groups in total. The Bertz CT molecular complexity index is 890. The Morgan fingerprint density at radius 1 is 1.04 bits per heavy atom. The molecule has 0 radical (unpaired) electrons. The Morgan fingerprint density at radius 2 is 1.92 bits per heavy atom. The number of aromatic nitrogens is 2. The first kappa shape index (κ1) is 15.6. The molecule has 0 fully saturated rings. The summed E-state index contributed by atoms with van der Waals surface area (Å²) in [5.41, 5.74) is 5.05. The lowest BCUT2D eigenvalue weighted by atomic mass is 10.2. The highest BCUT2D eigenvalue weighted by atomic mass is 15.2. The average Bonchev–Trinajstić information content (AvgIpc) is 3.07. The summed E-state index contributed by atoms with van der Waals surface area (Å²) in [7, 11) is 0. The van der Waals surface area contributed by atoms with Crippen LogP contribution < -0.4 is 9.80 Å². The van der Waals surface area contributed by atoms with Gasteiger partial charge in [-0.05, 0) is 49.6 Å². The molecule has 3 aromatic rings. The van der Waals surface area contributed by atoms with Crippen molar-refractivity contribution in [3.05, 3.63) is 72.1 Å². The maximum Gasteiger partial charge on any atom is 0.138 e. The highest BCUT2D eigenvalue weighted by Crippen LogP contribution is 2.34. The first-order chi connectivity index (χ1) is 12.3. The predicted molar refractivity (Wildman–Crippen MR) is 103 cm³/mol. The first-order valence-electron chi connectivity index (χ1n) is 8.78. The molecule has 0 bridgehead atoms. The van der Waals surface area contributed by atoms with E-state index in [0.29, 0.717) is 0 Å². The lowest BCUT2D eigenvalue weighted by Crippen LogP contribution is -2.20. The van der Waals surface area contributed by atoms with Gasteiger partial charge in [0.25, 0.3) is 0 Å². The van der Waals surface area contributed by atoms with Crippen LogP contribution in [0.1, 0.15) is 18.1 Å². The largest absolute Gasteiger partial charge is 0.326 e. The van der Waals surface area contributed by atoms with Gasteiger partial charge in [-0.3, -0.25) is 0 Å². The van der Waals surface area contributed by atoms with Crippen molar-refractivity contribution in [1.82, 2.24) is 9.97 Å². The zero-order valence-electron chi connectivity index (χ0n) is 14.7. The van der Waals surface area contributed by atoms with Crippen LogP contribution in [0.3, 0.4) is 0 Å². The van der Waals surface area contributed by atoms with Gasteiger partial charge in [-0.1, -0.05) is 30.3 Å². The molecule has 126 valence electrons. The van der Waals surface area contributed by atoms with Crippen molar-refractivity contribution in [2.24, 2.45) is 0 Å². The van der Waals surface area contributed by atoms with Gasteiger partial charge in [-0.25, -0.2) is 9.97 Å². The molecule has 0 unspecified atom stereocenters. The topological polar surface area (TPSA) is 32.3 Å². The Hall–Kier alpha value is -2.88. The molecule has 0 aliphatic carbocycles. The minimum atomic E-state index is 0.858. The molecule has 0 amide bonds. The zero-order chi connectivity index (χ0) is 17.2. The number of fused-ring (bicyclic) bond motifs is 1. The van der Waals surface area contributed by atoms with Crippen molar-refractivity contribution in [2.75, 3.05) is 22.9 Å². The molecule has 1 aliphatic rings. The van der Waals surface area contributed by atoms with E-state index in [-0.39, 0.29) is 0 Å². The second-order valence-corrected chi connectivity index (χ2v) is 6.35. The van der Waals surface area contributed by atoms with Crippen molar-refractivity contribution in [2.45, 2.75) is 20.3 Å². The van der Waals surface area contributed by atoms with E-state index >= 15 is 0 Å². The summed E-state index contributed by atoms with van der Waals surface area (Å²) in [5, 5.41) is 0. The Labute approximate surface area is 148 Å². The monoisotopic (exact) mass is 330 g/mol. The fraction of sp³-hybridized carbons (Fsp3) is 0.238. The van der Waals surface area contributed by atoms with Crippen LogP contribution in [0, 0.1) is 6.92 Å². The molecule has 4 nitrogen and oxygen atoms in total. The fourth-order valence-electron chi connectivity index (χ4n) is 3.48. The number of aryl methyl sites for hydroxylation is 1. The molecule has 0 spiro atoms. The number of para-hydroxylation sites is 1. The number of benzene rings is 2. The van der Waals surface area contributed by atoms with Gasteiger partial charge in [-0.2, -0.15) is 0 Å². The second kappa shape index (κ2) is 6.55. The van der Waals surface area contributed by atoms with E-state index < -0.39 is 0 Å². The van der Waals surface area contributed by atoms with E-state index in [4.69, 9.17) is 0 Å². The molecule has 0 saturated heterocycles. The molecule has 0 saturated carbocycles. The molecule has 0 atom stereocenters. The lowest BCUT2D eigenvalue weighted by molar-refractivity contribution is 0.940. The Balaban J connectivity index is 1.70. The van der Waals surface area contributed by atoms with Crippen molar-refractivity contribution in [3.63, 3.8) is 0 Å². The summed E-state index contributed by atoms with van der Waals surface area (Å²) in [4.78, 5) is 13.6. The van der Waals surface area contributed by atoms with Gasteiger partial charge < -0.3 is 9.80 Å². The average molecular weight is 330 g/mol. The van der Waals surface area contributed by atoms with Crippen molar-refractivity contribution >= 4 is 23.0 Å². The molecule has 4 heteroatoms. The third kappa shape index (κ3) is 2.95. The van der Waals surface area contributed by atoms with E-state index in [9.17, 15) is 0 Å². The van der Waals surface area contributed by atoms with Gasteiger partial charge in [0.15, 0.2) is 0 Å². The van der Waals surface area contributed by atoms with Crippen LogP contribution in [0.4, 0.5) is 23.0 Å². The van der Waals surface area contributed by atoms with E-state index in [1.165, 1.54) is 16.8 Å². The van der Waals surface area contributed by atoms with Crippen LogP contribution in [0.25, 0.3) is 0 Å². The maximum absolute atomic E-state index is 4.54. The molecule has 2 heterocycles. The highest BCUT2D eigenvalue weighted by Gasteiger charge is 2.21. The van der Waals surface area contributed by atoms with E-state index in [2.05, 4.69) is 88.2 Å². The lowest BCUT2D eigenvalue weighted by Gasteiger charge is -2.24. The van der Waals surface area contributed by atoms with E-state index in [1.54, 1.807) is 6.33 Å². The summed E-state index contributed by atoms with van der Waals surface area (Å²) >= 11 is 0. The molecule has 1 aliphatic heterocycles. The third-order valence-electron chi connectivity index (χ3n) is 4.71. The maximum atomic E-state index is 4.54. The SMILES string of the molecule is CCN(c1cccc(C)c1)c1cc(N2CCc3ccccc32)ncn1. The van der Waals surface area contributed by atoms with Crippen molar-refractivity contribution < 1.29 is 0 Å². The summed E-state index contributed by atoms with van der Waals surface area (Å²) in [6, 6.07) is 19.2. The molecular weight excluding hydrogens is 308 g/mol. The van der Waals surface area contributed by atoms with Crippen LogP contribution in [-0.2, 0) is 6.42 Å². The summed E-state index contributed by atoms with van der Waals surface area (Å²) in [5.74, 6) is 1.89. The van der Waals surface area contributed by atoms with Gasteiger partial charge in [0, 0.05) is 30.5 Å². The first-order valence-corrected chi connectivity index (χ1v) is 8.78. The van der Waals surface area contributed by atoms with Crippen molar-refractivity contribution in [1.29, 1.82) is 0 Å². The quantitative estimate of drug-likeness (QED) is 0.698.